The van der Waals surface area contributed by atoms with Gasteiger partial charge >= 0.3 is 5.97 Å². The number of aliphatic hydroxyl groups is 1. The van der Waals surface area contributed by atoms with Gasteiger partial charge in [-0.05, 0) is 28.1 Å². The lowest BCUT2D eigenvalue weighted by molar-refractivity contribution is 0.00170. The summed E-state index contributed by atoms with van der Waals surface area (Å²) in [4.78, 5) is 10.8. The number of carboxylic acids is 1. The standard InChI is InChI=1S/C9H7BrO4/c10-6-2-1-4(9(12)13)5-3-7(11)14-8(5)6/h1-2,7,11H,3H2,(H,12,13). The van der Waals surface area contributed by atoms with E-state index >= 15 is 0 Å². The molecule has 4 nitrogen and oxygen atoms in total. The van der Waals surface area contributed by atoms with Crippen molar-refractivity contribution in [2.75, 3.05) is 0 Å². The molecule has 74 valence electrons. The van der Waals surface area contributed by atoms with Crippen molar-refractivity contribution in [2.45, 2.75) is 12.7 Å². The number of rotatable bonds is 1. The summed E-state index contributed by atoms with van der Waals surface area (Å²) in [5.41, 5.74) is 0.721. The van der Waals surface area contributed by atoms with Crippen molar-refractivity contribution in [1.29, 1.82) is 0 Å². The Hall–Kier alpha value is -1.07. The highest BCUT2D eigenvalue weighted by Crippen LogP contribution is 2.37. The smallest absolute Gasteiger partial charge is 0.336 e. The highest BCUT2D eigenvalue weighted by Gasteiger charge is 2.27. The van der Waals surface area contributed by atoms with Crippen molar-refractivity contribution < 1.29 is 19.7 Å². The van der Waals surface area contributed by atoms with Crippen molar-refractivity contribution in [1.82, 2.24) is 0 Å². The third-order valence-corrected chi connectivity index (χ3v) is 2.70. The Balaban J connectivity index is 2.59. The van der Waals surface area contributed by atoms with Crippen LogP contribution in [0, 0.1) is 0 Å². The minimum Gasteiger partial charge on any atom is -0.478 e. The molecule has 1 heterocycles. The average molecular weight is 259 g/mol. The van der Waals surface area contributed by atoms with Gasteiger partial charge in [0, 0.05) is 12.0 Å². The SMILES string of the molecule is O=C(O)c1ccc(Br)c2c1CC(O)O2. The molecule has 0 aromatic heterocycles. The number of carboxylic acid groups (broad SMARTS) is 1. The first kappa shape index (κ1) is 9.48. The third kappa shape index (κ3) is 1.38. The molecule has 1 aromatic carbocycles. The summed E-state index contributed by atoms with van der Waals surface area (Å²) in [6, 6.07) is 3.09. The number of fused-ring (bicyclic) bond motifs is 1. The van der Waals surface area contributed by atoms with E-state index in [1.165, 1.54) is 6.07 Å². The molecule has 0 spiro atoms. The van der Waals surface area contributed by atoms with Crippen molar-refractivity contribution in [3.8, 4) is 5.75 Å². The Bertz CT molecular complexity index is 402. The van der Waals surface area contributed by atoms with E-state index in [9.17, 15) is 9.90 Å². The van der Waals surface area contributed by atoms with E-state index in [4.69, 9.17) is 9.84 Å². The van der Waals surface area contributed by atoms with Gasteiger partial charge in [-0.1, -0.05) is 0 Å². The lowest BCUT2D eigenvalue weighted by Crippen LogP contribution is -2.10. The number of aromatic carboxylic acids is 1. The van der Waals surface area contributed by atoms with Gasteiger partial charge in [0.15, 0.2) is 0 Å². The van der Waals surface area contributed by atoms with E-state index in [0.717, 1.165) is 0 Å². The van der Waals surface area contributed by atoms with Gasteiger partial charge in [-0.2, -0.15) is 0 Å². The topological polar surface area (TPSA) is 66.8 Å². The molecule has 2 N–H and O–H groups in total. The van der Waals surface area contributed by atoms with E-state index in [-0.39, 0.29) is 12.0 Å². The van der Waals surface area contributed by atoms with E-state index in [0.29, 0.717) is 15.8 Å². The van der Waals surface area contributed by atoms with Gasteiger partial charge in [0.25, 0.3) is 0 Å². The first-order valence-electron chi connectivity index (χ1n) is 3.99. The number of halogens is 1. The molecule has 5 heteroatoms. The molecular formula is C9H7BrO4. The summed E-state index contributed by atoms with van der Waals surface area (Å²) in [5.74, 6) is -0.580. The van der Waals surface area contributed by atoms with Crippen LogP contribution in [0.2, 0.25) is 0 Å². The van der Waals surface area contributed by atoms with Gasteiger partial charge in [0.2, 0.25) is 6.29 Å². The summed E-state index contributed by atoms with van der Waals surface area (Å²) < 4.78 is 5.73. The Morgan fingerprint density at radius 1 is 1.57 bits per heavy atom. The maximum atomic E-state index is 10.8. The predicted octanol–water partition coefficient (Wildman–Crippen LogP) is 1.40. The Morgan fingerprint density at radius 2 is 2.29 bits per heavy atom. The summed E-state index contributed by atoms with van der Waals surface area (Å²) in [5, 5.41) is 18.1. The fourth-order valence-electron chi connectivity index (χ4n) is 1.48. The molecule has 2 rings (SSSR count). The summed E-state index contributed by atoms with van der Waals surface area (Å²) in [6.07, 6.45) is -0.724. The second-order valence-corrected chi connectivity index (χ2v) is 3.84. The van der Waals surface area contributed by atoms with Crippen LogP contribution in [-0.4, -0.2) is 22.5 Å². The maximum absolute atomic E-state index is 10.8. The second kappa shape index (κ2) is 3.25. The highest BCUT2D eigenvalue weighted by molar-refractivity contribution is 9.10. The third-order valence-electron chi connectivity index (χ3n) is 2.08. The molecule has 0 bridgehead atoms. The second-order valence-electron chi connectivity index (χ2n) is 2.98. The van der Waals surface area contributed by atoms with E-state index in [1.807, 2.05) is 0 Å². The molecule has 0 saturated carbocycles. The first-order chi connectivity index (χ1) is 6.59. The minimum absolute atomic E-state index is 0.180. The predicted molar refractivity (Wildman–Crippen MR) is 51.4 cm³/mol. The molecule has 1 aliphatic heterocycles. The first-order valence-corrected chi connectivity index (χ1v) is 4.78. The van der Waals surface area contributed by atoms with Crippen molar-refractivity contribution in [2.24, 2.45) is 0 Å². The van der Waals surface area contributed by atoms with E-state index in [2.05, 4.69) is 15.9 Å². The highest BCUT2D eigenvalue weighted by atomic mass is 79.9. The number of ether oxygens (including phenoxy) is 1. The zero-order valence-electron chi connectivity index (χ0n) is 7.03. The van der Waals surface area contributed by atoms with Crippen LogP contribution < -0.4 is 4.74 Å². The Morgan fingerprint density at radius 3 is 2.93 bits per heavy atom. The average Bonchev–Trinajstić information content (AvgIpc) is 2.47. The van der Waals surface area contributed by atoms with Crippen LogP contribution in [0.5, 0.6) is 5.75 Å². The van der Waals surface area contributed by atoms with Crippen LogP contribution in [0.15, 0.2) is 16.6 Å². The summed E-state index contributed by atoms with van der Waals surface area (Å²) in [7, 11) is 0. The Labute approximate surface area is 88.3 Å². The fraction of sp³-hybridized carbons (Fsp3) is 0.222. The van der Waals surface area contributed by atoms with Crippen LogP contribution in [0.1, 0.15) is 15.9 Å². The number of benzene rings is 1. The van der Waals surface area contributed by atoms with E-state index < -0.39 is 12.3 Å². The minimum atomic E-state index is -1.01. The number of hydrogen-bond acceptors (Lipinski definition) is 3. The zero-order valence-corrected chi connectivity index (χ0v) is 8.61. The number of hydrogen-bond donors (Lipinski definition) is 2. The quantitative estimate of drug-likeness (QED) is 0.799. The molecule has 1 unspecified atom stereocenters. The molecular weight excluding hydrogens is 252 g/mol. The molecule has 0 radical (unpaired) electrons. The van der Waals surface area contributed by atoms with Crippen molar-refractivity contribution in [3.05, 3.63) is 27.7 Å². The fourth-order valence-corrected chi connectivity index (χ4v) is 1.95. The molecule has 0 fully saturated rings. The van der Waals surface area contributed by atoms with Crippen LogP contribution >= 0.6 is 15.9 Å². The van der Waals surface area contributed by atoms with Crippen LogP contribution in [-0.2, 0) is 6.42 Å². The zero-order chi connectivity index (χ0) is 10.3. The van der Waals surface area contributed by atoms with Gasteiger partial charge in [0.05, 0.1) is 10.0 Å². The van der Waals surface area contributed by atoms with Gasteiger partial charge < -0.3 is 14.9 Å². The molecule has 0 aliphatic carbocycles. The lowest BCUT2D eigenvalue weighted by Gasteiger charge is -2.04. The summed E-state index contributed by atoms with van der Waals surface area (Å²) in [6.45, 7) is 0. The van der Waals surface area contributed by atoms with Gasteiger partial charge in [-0.15, -0.1) is 0 Å². The largest absolute Gasteiger partial charge is 0.478 e. The normalized spacial score (nSPS) is 18.9. The Kier molecular flexibility index (Phi) is 2.20. The van der Waals surface area contributed by atoms with E-state index in [1.54, 1.807) is 6.07 Å². The van der Waals surface area contributed by atoms with Crippen molar-refractivity contribution in [3.63, 3.8) is 0 Å². The monoisotopic (exact) mass is 258 g/mol. The molecule has 1 atom stereocenters. The van der Waals surface area contributed by atoms with Gasteiger partial charge in [-0.25, -0.2) is 4.79 Å². The van der Waals surface area contributed by atoms with Gasteiger partial charge in [-0.3, -0.25) is 0 Å². The lowest BCUT2D eigenvalue weighted by atomic mass is 10.1. The van der Waals surface area contributed by atoms with Gasteiger partial charge in [0.1, 0.15) is 5.75 Å². The molecule has 0 saturated heterocycles. The van der Waals surface area contributed by atoms with Crippen LogP contribution in [0.3, 0.4) is 0 Å². The molecule has 14 heavy (non-hydrogen) atoms. The van der Waals surface area contributed by atoms with Crippen LogP contribution in [0.4, 0.5) is 0 Å². The summed E-state index contributed by atoms with van der Waals surface area (Å²) >= 11 is 3.23. The van der Waals surface area contributed by atoms with Crippen molar-refractivity contribution >= 4 is 21.9 Å². The molecule has 0 amide bonds. The maximum Gasteiger partial charge on any atom is 0.336 e. The number of carbonyl (C=O) groups is 1. The molecule has 1 aliphatic rings. The molecule has 1 aromatic rings. The number of aliphatic hydroxyl groups excluding tert-OH is 1. The van der Waals surface area contributed by atoms with Crippen LogP contribution in [0.25, 0.3) is 0 Å².